The van der Waals surface area contributed by atoms with Crippen LogP contribution >= 0.6 is 0 Å². The molecule has 0 aliphatic carbocycles. The maximum atomic E-state index is 12.9. The average Bonchev–Trinajstić information content (AvgIpc) is 2.25. The first kappa shape index (κ1) is 13.0. The number of rotatable bonds is 5. The number of nitrogens with zero attached hydrogens (tertiary/aromatic N) is 1. The van der Waals surface area contributed by atoms with Gasteiger partial charge in [-0.15, -0.1) is 0 Å². The first-order valence-electron chi connectivity index (χ1n) is 4.69. The summed E-state index contributed by atoms with van der Waals surface area (Å²) >= 11 is 0. The summed E-state index contributed by atoms with van der Waals surface area (Å²) in [7, 11) is 0. The molecule has 1 rings (SSSR count). The van der Waals surface area contributed by atoms with Crippen LogP contribution in [0.4, 0.5) is 10.1 Å². The van der Waals surface area contributed by atoms with Crippen molar-refractivity contribution in [1.82, 2.24) is 0 Å². The first-order valence-corrected chi connectivity index (χ1v) is 4.69. The quantitative estimate of drug-likeness (QED) is 0.628. The molecule has 17 heavy (non-hydrogen) atoms. The van der Waals surface area contributed by atoms with Crippen molar-refractivity contribution in [3.8, 4) is 0 Å². The largest absolute Gasteiger partial charge is 0.479 e. The average molecular weight is 243 g/mol. The lowest BCUT2D eigenvalue weighted by Crippen LogP contribution is -2.19. The van der Waals surface area contributed by atoms with Crippen LogP contribution in [0.5, 0.6) is 0 Å². The lowest BCUT2D eigenvalue weighted by atomic mass is 10.2. The van der Waals surface area contributed by atoms with Crippen molar-refractivity contribution in [2.75, 3.05) is 0 Å². The van der Waals surface area contributed by atoms with Gasteiger partial charge in [-0.05, 0) is 19.1 Å². The van der Waals surface area contributed by atoms with Crippen LogP contribution in [-0.4, -0.2) is 22.1 Å². The van der Waals surface area contributed by atoms with Gasteiger partial charge in [-0.25, -0.2) is 9.18 Å². The number of benzene rings is 1. The Morgan fingerprint density at radius 3 is 2.82 bits per heavy atom. The molecule has 0 bridgehead atoms. The van der Waals surface area contributed by atoms with Crippen molar-refractivity contribution in [2.24, 2.45) is 0 Å². The van der Waals surface area contributed by atoms with E-state index < -0.39 is 22.8 Å². The molecular formula is C10H10FNO5. The van der Waals surface area contributed by atoms with Crippen LogP contribution in [0.2, 0.25) is 0 Å². The molecule has 0 spiro atoms. The second-order valence-corrected chi connectivity index (χ2v) is 3.32. The molecular weight excluding hydrogens is 233 g/mol. The summed E-state index contributed by atoms with van der Waals surface area (Å²) in [4.78, 5) is 20.4. The highest BCUT2D eigenvalue weighted by molar-refractivity contribution is 5.71. The van der Waals surface area contributed by atoms with Crippen LogP contribution in [0.1, 0.15) is 12.5 Å². The van der Waals surface area contributed by atoms with Gasteiger partial charge in [0.1, 0.15) is 5.82 Å². The Bertz CT molecular complexity index is 448. The lowest BCUT2D eigenvalue weighted by molar-refractivity contribution is -0.386. The predicted octanol–water partition coefficient (Wildman–Crippen LogP) is 1.72. The van der Waals surface area contributed by atoms with Crippen molar-refractivity contribution in [3.05, 3.63) is 39.7 Å². The second-order valence-electron chi connectivity index (χ2n) is 3.32. The summed E-state index contributed by atoms with van der Waals surface area (Å²) in [5.74, 6) is -1.83. The van der Waals surface area contributed by atoms with Gasteiger partial charge < -0.3 is 9.84 Å². The van der Waals surface area contributed by atoms with Crippen LogP contribution in [-0.2, 0) is 16.1 Å². The van der Waals surface area contributed by atoms with E-state index >= 15 is 0 Å². The predicted molar refractivity (Wildman–Crippen MR) is 54.9 cm³/mol. The van der Waals surface area contributed by atoms with E-state index in [4.69, 9.17) is 9.84 Å². The van der Waals surface area contributed by atoms with Crippen LogP contribution < -0.4 is 0 Å². The summed E-state index contributed by atoms with van der Waals surface area (Å²) in [5.41, 5.74) is -0.299. The summed E-state index contributed by atoms with van der Waals surface area (Å²) in [6, 6.07) is 2.93. The summed E-state index contributed by atoms with van der Waals surface area (Å²) in [6.45, 7) is 0.953. The molecule has 0 saturated heterocycles. The highest BCUT2D eigenvalue weighted by atomic mass is 19.1. The van der Waals surface area contributed by atoms with E-state index in [-0.39, 0.29) is 17.9 Å². The Morgan fingerprint density at radius 2 is 2.29 bits per heavy atom. The van der Waals surface area contributed by atoms with E-state index in [1.165, 1.54) is 6.92 Å². The Kier molecular flexibility index (Phi) is 4.11. The molecule has 92 valence electrons. The van der Waals surface area contributed by atoms with E-state index in [0.29, 0.717) is 0 Å². The molecule has 1 N–H and O–H groups in total. The Labute approximate surface area is 95.8 Å². The molecule has 1 aromatic rings. The number of carboxylic acid groups (broad SMARTS) is 1. The molecule has 0 radical (unpaired) electrons. The second kappa shape index (κ2) is 5.35. The monoisotopic (exact) mass is 243 g/mol. The third kappa shape index (κ3) is 3.49. The van der Waals surface area contributed by atoms with Gasteiger partial charge in [-0.1, -0.05) is 0 Å². The smallest absolute Gasteiger partial charge is 0.332 e. The highest BCUT2D eigenvalue weighted by Crippen LogP contribution is 2.20. The van der Waals surface area contributed by atoms with Gasteiger partial charge in [0.25, 0.3) is 5.69 Å². The number of carboxylic acids is 1. The molecule has 1 unspecified atom stereocenters. The number of nitro groups is 1. The zero-order chi connectivity index (χ0) is 13.0. The SMILES string of the molecule is CC(OCc1cc(F)ccc1[N+](=O)[O-])C(=O)O. The number of aliphatic carboxylic acids is 1. The summed E-state index contributed by atoms with van der Waals surface area (Å²) < 4.78 is 17.8. The van der Waals surface area contributed by atoms with Crippen molar-refractivity contribution in [1.29, 1.82) is 0 Å². The normalized spacial score (nSPS) is 12.1. The van der Waals surface area contributed by atoms with Crippen LogP contribution in [0.25, 0.3) is 0 Å². The van der Waals surface area contributed by atoms with Gasteiger partial charge in [0.2, 0.25) is 0 Å². The summed E-state index contributed by atoms with van der Waals surface area (Å²) in [6.07, 6.45) is -1.11. The van der Waals surface area contributed by atoms with Crippen molar-refractivity contribution in [3.63, 3.8) is 0 Å². The fourth-order valence-corrected chi connectivity index (χ4v) is 1.13. The van der Waals surface area contributed by atoms with Crippen molar-refractivity contribution >= 4 is 11.7 Å². The summed E-state index contributed by atoms with van der Waals surface area (Å²) in [5, 5.41) is 19.2. The third-order valence-electron chi connectivity index (χ3n) is 2.07. The fraction of sp³-hybridized carbons (Fsp3) is 0.300. The zero-order valence-electron chi connectivity index (χ0n) is 8.92. The minimum absolute atomic E-state index is 0.00287. The Hall–Kier alpha value is -2.02. The molecule has 0 aromatic heterocycles. The molecule has 0 aliphatic rings. The standard InChI is InChI=1S/C10H10FNO5/c1-6(10(13)14)17-5-7-4-8(11)2-3-9(7)12(15)16/h2-4,6H,5H2,1H3,(H,13,14). The van der Waals surface area contributed by atoms with E-state index in [1.54, 1.807) is 0 Å². The fourth-order valence-electron chi connectivity index (χ4n) is 1.13. The molecule has 0 amide bonds. The Balaban J connectivity index is 2.85. The van der Waals surface area contributed by atoms with Crippen molar-refractivity contribution < 1.29 is 24.0 Å². The number of halogens is 1. The topological polar surface area (TPSA) is 89.7 Å². The first-order chi connectivity index (χ1) is 7.91. The van der Waals surface area contributed by atoms with Gasteiger partial charge in [0.15, 0.2) is 6.10 Å². The minimum atomic E-state index is -1.19. The van der Waals surface area contributed by atoms with Gasteiger partial charge in [0, 0.05) is 6.07 Å². The highest BCUT2D eigenvalue weighted by Gasteiger charge is 2.17. The molecule has 1 atom stereocenters. The van der Waals surface area contributed by atoms with E-state index in [0.717, 1.165) is 18.2 Å². The zero-order valence-corrected chi connectivity index (χ0v) is 8.92. The maximum Gasteiger partial charge on any atom is 0.332 e. The maximum absolute atomic E-state index is 12.9. The molecule has 6 nitrogen and oxygen atoms in total. The molecule has 0 saturated carbocycles. The molecule has 0 heterocycles. The molecule has 1 aromatic carbocycles. The number of ether oxygens (including phenoxy) is 1. The van der Waals surface area contributed by atoms with Gasteiger partial charge in [0.05, 0.1) is 17.1 Å². The third-order valence-corrected chi connectivity index (χ3v) is 2.07. The van der Waals surface area contributed by atoms with Gasteiger partial charge in [-0.2, -0.15) is 0 Å². The molecule has 0 aliphatic heterocycles. The van der Waals surface area contributed by atoms with Gasteiger partial charge in [-0.3, -0.25) is 10.1 Å². The minimum Gasteiger partial charge on any atom is -0.479 e. The van der Waals surface area contributed by atoms with Crippen LogP contribution in [0.3, 0.4) is 0 Å². The number of hydrogen-bond donors (Lipinski definition) is 1. The van der Waals surface area contributed by atoms with Crippen molar-refractivity contribution in [2.45, 2.75) is 19.6 Å². The van der Waals surface area contributed by atoms with Gasteiger partial charge >= 0.3 is 5.97 Å². The van der Waals surface area contributed by atoms with Crippen LogP contribution in [0.15, 0.2) is 18.2 Å². The lowest BCUT2D eigenvalue weighted by Gasteiger charge is -2.08. The molecule has 7 heteroatoms. The number of hydrogen-bond acceptors (Lipinski definition) is 4. The molecule has 0 fully saturated rings. The number of nitro benzene ring substituents is 1. The van der Waals surface area contributed by atoms with E-state index in [1.807, 2.05) is 0 Å². The van der Waals surface area contributed by atoms with E-state index in [2.05, 4.69) is 0 Å². The van der Waals surface area contributed by atoms with E-state index in [9.17, 15) is 19.3 Å². The van der Waals surface area contributed by atoms with Crippen LogP contribution in [0, 0.1) is 15.9 Å². The number of carbonyl (C=O) groups is 1. The Morgan fingerprint density at radius 1 is 1.65 bits per heavy atom.